The van der Waals surface area contributed by atoms with E-state index in [2.05, 4.69) is 30.8 Å². The third-order valence-corrected chi connectivity index (χ3v) is 6.69. The van der Waals surface area contributed by atoms with Gasteiger partial charge in [-0.2, -0.15) is 10.2 Å². The van der Waals surface area contributed by atoms with Crippen molar-refractivity contribution in [2.24, 2.45) is 13.0 Å². The number of likely N-dealkylation sites (tertiary alicyclic amines) is 1. The van der Waals surface area contributed by atoms with Crippen molar-refractivity contribution < 1.29 is 19.1 Å². The van der Waals surface area contributed by atoms with Gasteiger partial charge in [-0.25, -0.2) is 9.31 Å². The fourth-order valence-electron chi connectivity index (χ4n) is 4.72. The van der Waals surface area contributed by atoms with Gasteiger partial charge in [0.05, 0.1) is 64.8 Å². The van der Waals surface area contributed by atoms with Gasteiger partial charge in [0.1, 0.15) is 11.6 Å². The van der Waals surface area contributed by atoms with Crippen molar-refractivity contribution in [3.63, 3.8) is 0 Å². The number of anilines is 2. The molecular formula is C28H33N9O4. The Morgan fingerprint density at radius 3 is 2.51 bits per heavy atom. The minimum Gasteiger partial charge on any atom is -0.444 e. The Hall–Kier alpha value is -4.81. The molecule has 214 valence electrons. The molecule has 1 aliphatic heterocycles. The second-order valence-electron chi connectivity index (χ2n) is 11.4. The molecule has 1 aliphatic rings. The van der Waals surface area contributed by atoms with Crippen molar-refractivity contribution >= 4 is 34.8 Å². The lowest BCUT2D eigenvalue weighted by Crippen LogP contribution is -2.45. The Bertz CT molecular complexity index is 1630. The molecule has 5 heterocycles. The van der Waals surface area contributed by atoms with E-state index in [1.165, 1.54) is 17.3 Å². The Morgan fingerprint density at radius 1 is 1.02 bits per heavy atom. The number of nitrogens with one attached hydrogen (secondary N) is 2. The zero-order chi connectivity index (χ0) is 29.5. The molecule has 0 aliphatic carbocycles. The normalized spacial score (nSPS) is 17.1. The van der Waals surface area contributed by atoms with Crippen LogP contribution in [0.2, 0.25) is 0 Å². The number of rotatable bonds is 5. The number of hydrogen-bond donors (Lipinski definition) is 2. The van der Waals surface area contributed by atoms with Crippen molar-refractivity contribution in [3.05, 3.63) is 54.5 Å². The number of pyridine rings is 1. The van der Waals surface area contributed by atoms with Gasteiger partial charge in [-0.05, 0) is 46.1 Å². The number of nitrogens with zero attached hydrogens (tertiary/aromatic N) is 7. The average molecular weight is 560 g/mol. The molecule has 13 nitrogen and oxygen atoms in total. The highest BCUT2D eigenvalue weighted by Gasteiger charge is 2.40. The number of hydrogen-bond acceptors (Lipinski definition) is 8. The summed E-state index contributed by atoms with van der Waals surface area (Å²) in [6.45, 7) is 9.53. The molecule has 13 heteroatoms. The third kappa shape index (κ3) is 6.03. The second kappa shape index (κ2) is 10.6. The standard InChI is InChI=1S/C28H33N9O4/c1-16-7-23(36(13-16)27(40)41-28(3,4)5)26(39)33-19-8-21(17(2)29-10-19)34-25(38)20-11-32-37-15-22(30-12-24(20)37)18-9-31-35(6)14-18/h8-12,14-16,23H,7,13H2,1-6H3,(H,33,39)(H,34,38)/t16-,23+/m1/s1. The number of fused-ring (bicyclic) bond motifs is 1. The van der Waals surface area contributed by atoms with Crippen LogP contribution in [0, 0.1) is 12.8 Å². The summed E-state index contributed by atoms with van der Waals surface area (Å²) in [5, 5.41) is 14.2. The van der Waals surface area contributed by atoms with Crippen LogP contribution in [0.15, 0.2) is 43.2 Å². The fraction of sp³-hybridized carbons (Fsp3) is 0.393. The number of carbonyl (C=O) groups excluding carboxylic acids is 3. The van der Waals surface area contributed by atoms with Crippen LogP contribution in [-0.4, -0.2) is 70.4 Å². The van der Waals surface area contributed by atoms with Gasteiger partial charge in [-0.1, -0.05) is 6.92 Å². The summed E-state index contributed by atoms with van der Waals surface area (Å²) < 4.78 is 8.78. The minimum atomic E-state index is -0.679. The van der Waals surface area contributed by atoms with Gasteiger partial charge in [-0.3, -0.25) is 29.1 Å². The largest absolute Gasteiger partial charge is 0.444 e. The molecule has 0 spiro atoms. The highest BCUT2D eigenvalue weighted by atomic mass is 16.6. The molecule has 0 saturated carbocycles. The lowest BCUT2D eigenvalue weighted by Gasteiger charge is -2.28. The first-order valence-corrected chi connectivity index (χ1v) is 13.3. The summed E-state index contributed by atoms with van der Waals surface area (Å²) in [6.07, 6.45) is 9.84. The SMILES string of the molecule is Cc1ncc(NC(=O)[C@@H]2C[C@@H](C)CN2C(=O)OC(C)(C)C)cc1NC(=O)c1cnn2cc(-c3cnn(C)c3)ncc12. The summed E-state index contributed by atoms with van der Waals surface area (Å²) in [5.41, 5.74) is 3.08. The molecular weight excluding hydrogens is 526 g/mol. The Balaban J connectivity index is 1.30. The summed E-state index contributed by atoms with van der Waals surface area (Å²) in [4.78, 5) is 49.5. The maximum Gasteiger partial charge on any atom is 0.410 e. The van der Waals surface area contributed by atoms with E-state index in [1.54, 1.807) is 61.5 Å². The van der Waals surface area contributed by atoms with Crippen molar-refractivity contribution in [1.82, 2.24) is 34.3 Å². The minimum absolute atomic E-state index is 0.144. The zero-order valence-corrected chi connectivity index (χ0v) is 23.9. The number of ether oxygens (including phenoxy) is 1. The molecule has 4 aromatic rings. The van der Waals surface area contributed by atoms with Gasteiger partial charge >= 0.3 is 6.09 Å². The van der Waals surface area contributed by atoms with Gasteiger partial charge in [0.25, 0.3) is 5.91 Å². The van der Waals surface area contributed by atoms with Crippen LogP contribution in [0.1, 0.15) is 50.2 Å². The Kier molecular flexibility index (Phi) is 7.20. The van der Waals surface area contributed by atoms with E-state index in [9.17, 15) is 14.4 Å². The highest BCUT2D eigenvalue weighted by Crippen LogP contribution is 2.27. The molecule has 0 bridgehead atoms. The topological polar surface area (TPSA) is 149 Å². The van der Waals surface area contributed by atoms with Crippen molar-refractivity contribution in [2.75, 3.05) is 17.2 Å². The molecule has 41 heavy (non-hydrogen) atoms. The van der Waals surface area contributed by atoms with Crippen molar-refractivity contribution in [2.45, 2.75) is 52.7 Å². The fourth-order valence-corrected chi connectivity index (χ4v) is 4.72. The predicted molar refractivity (Wildman–Crippen MR) is 151 cm³/mol. The van der Waals surface area contributed by atoms with E-state index < -0.39 is 23.6 Å². The summed E-state index contributed by atoms with van der Waals surface area (Å²) >= 11 is 0. The molecule has 0 aromatic carbocycles. The molecule has 0 unspecified atom stereocenters. The molecule has 4 aromatic heterocycles. The van der Waals surface area contributed by atoms with Crippen LogP contribution in [0.4, 0.5) is 16.2 Å². The lowest BCUT2D eigenvalue weighted by molar-refractivity contribution is -0.120. The Morgan fingerprint density at radius 2 is 1.80 bits per heavy atom. The van der Waals surface area contributed by atoms with Crippen LogP contribution < -0.4 is 10.6 Å². The monoisotopic (exact) mass is 559 g/mol. The lowest BCUT2D eigenvalue weighted by atomic mass is 10.1. The van der Waals surface area contributed by atoms with Crippen molar-refractivity contribution in [3.8, 4) is 11.3 Å². The second-order valence-corrected chi connectivity index (χ2v) is 11.4. The van der Waals surface area contributed by atoms with Gasteiger partial charge in [0.15, 0.2) is 0 Å². The van der Waals surface area contributed by atoms with E-state index in [1.807, 2.05) is 20.2 Å². The molecule has 1 saturated heterocycles. The summed E-state index contributed by atoms with van der Waals surface area (Å²) in [6, 6.07) is 0.959. The smallest absolute Gasteiger partial charge is 0.410 e. The van der Waals surface area contributed by atoms with E-state index in [0.29, 0.717) is 46.8 Å². The zero-order valence-electron chi connectivity index (χ0n) is 23.9. The van der Waals surface area contributed by atoms with E-state index >= 15 is 0 Å². The van der Waals surface area contributed by atoms with Gasteiger partial charge in [0.2, 0.25) is 5.91 Å². The molecule has 3 amide bonds. The van der Waals surface area contributed by atoms with Crippen LogP contribution in [0.3, 0.4) is 0 Å². The molecule has 2 N–H and O–H groups in total. The van der Waals surface area contributed by atoms with Crippen LogP contribution in [0.25, 0.3) is 16.8 Å². The number of amides is 3. The van der Waals surface area contributed by atoms with E-state index in [0.717, 1.165) is 5.56 Å². The van der Waals surface area contributed by atoms with Crippen LogP contribution in [-0.2, 0) is 16.6 Å². The molecule has 5 rings (SSSR count). The van der Waals surface area contributed by atoms with Gasteiger partial charge in [-0.15, -0.1) is 0 Å². The molecule has 0 radical (unpaired) electrons. The summed E-state index contributed by atoms with van der Waals surface area (Å²) in [7, 11) is 1.82. The maximum atomic E-state index is 13.2. The van der Waals surface area contributed by atoms with E-state index in [-0.39, 0.29) is 11.8 Å². The first kappa shape index (κ1) is 27.7. The van der Waals surface area contributed by atoms with Gasteiger partial charge in [0, 0.05) is 25.4 Å². The Labute approximate surface area is 236 Å². The third-order valence-electron chi connectivity index (χ3n) is 6.69. The number of carbonyl (C=O) groups is 3. The highest BCUT2D eigenvalue weighted by molar-refractivity contribution is 6.09. The first-order chi connectivity index (χ1) is 19.4. The first-order valence-electron chi connectivity index (χ1n) is 13.3. The number of aryl methyl sites for hydroxylation is 2. The van der Waals surface area contributed by atoms with Gasteiger partial charge < -0.3 is 15.4 Å². The molecule has 2 atom stereocenters. The van der Waals surface area contributed by atoms with E-state index in [4.69, 9.17) is 4.74 Å². The van der Waals surface area contributed by atoms with Crippen LogP contribution >= 0.6 is 0 Å². The maximum absolute atomic E-state index is 13.2. The number of aromatic nitrogens is 6. The molecule has 1 fully saturated rings. The van der Waals surface area contributed by atoms with Crippen molar-refractivity contribution in [1.29, 1.82) is 0 Å². The average Bonchev–Trinajstić information content (AvgIpc) is 3.62. The predicted octanol–water partition coefficient (Wildman–Crippen LogP) is 3.67. The summed E-state index contributed by atoms with van der Waals surface area (Å²) in [5.74, 6) is -0.601. The quantitative estimate of drug-likeness (QED) is 0.376. The van der Waals surface area contributed by atoms with Crippen LogP contribution in [0.5, 0.6) is 0 Å².